The van der Waals surface area contributed by atoms with E-state index in [0.29, 0.717) is 12.2 Å². The van der Waals surface area contributed by atoms with Crippen molar-refractivity contribution in [2.75, 3.05) is 7.11 Å². The van der Waals surface area contributed by atoms with Crippen molar-refractivity contribution in [1.29, 1.82) is 0 Å². The molecule has 0 spiro atoms. The van der Waals surface area contributed by atoms with Crippen LogP contribution in [0.3, 0.4) is 0 Å². The number of nitrogens with zero attached hydrogens (tertiary/aromatic N) is 1. The zero-order valence-electron chi connectivity index (χ0n) is 19.7. The number of rotatable bonds is 6. The zero-order chi connectivity index (χ0) is 23.9. The van der Waals surface area contributed by atoms with Gasteiger partial charge in [0.05, 0.1) is 18.0 Å². The molecule has 0 bridgehead atoms. The minimum absolute atomic E-state index is 0.159. The van der Waals surface area contributed by atoms with Gasteiger partial charge in [-0.05, 0) is 85.7 Å². The number of carbonyl (C=O) groups is 1. The second-order valence-electron chi connectivity index (χ2n) is 9.50. The molecule has 5 heteroatoms. The lowest BCUT2D eigenvalue weighted by Crippen LogP contribution is -2.40. The number of hydrogen-bond acceptors (Lipinski definition) is 3. The minimum Gasteiger partial charge on any atom is -0.489 e. The van der Waals surface area contributed by atoms with E-state index in [-0.39, 0.29) is 17.7 Å². The molecule has 1 saturated carbocycles. The SMILES string of the molecule is COC(=O)C1(C)CC(c2cn(-c3ccc(F)c(C)c3)c3ccc(OCc4ccccc4)cc23)C1. The Morgan fingerprint density at radius 1 is 1.09 bits per heavy atom. The Labute approximate surface area is 198 Å². The Kier molecular flexibility index (Phi) is 5.64. The summed E-state index contributed by atoms with van der Waals surface area (Å²) in [5, 5.41) is 1.09. The van der Waals surface area contributed by atoms with E-state index in [1.807, 2.05) is 49.4 Å². The van der Waals surface area contributed by atoms with E-state index >= 15 is 0 Å². The van der Waals surface area contributed by atoms with E-state index in [0.717, 1.165) is 40.7 Å². The fraction of sp³-hybridized carbons (Fsp3) is 0.276. The van der Waals surface area contributed by atoms with Crippen LogP contribution in [0.2, 0.25) is 0 Å². The van der Waals surface area contributed by atoms with Crippen LogP contribution < -0.4 is 4.74 Å². The van der Waals surface area contributed by atoms with Gasteiger partial charge in [0.25, 0.3) is 0 Å². The number of ether oxygens (including phenoxy) is 2. The fourth-order valence-electron chi connectivity index (χ4n) is 5.04. The Hall–Kier alpha value is -3.60. The third-order valence-corrected chi connectivity index (χ3v) is 6.99. The second kappa shape index (κ2) is 8.64. The van der Waals surface area contributed by atoms with E-state index in [2.05, 4.69) is 22.9 Å². The number of aromatic nitrogens is 1. The molecule has 0 aliphatic heterocycles. The summed E-state index contributed by atoms with van der Waals surface area (Å²) >= 11 is 0. The molecule has 0 atom stereocenters. The third kappa shape index (κ3) is 3.96. The molecule has 1 heterocycles. The molecule has 0 N–H and O–H groups in total. The highest BCUT2D eigenvalue weighted by Crippen LogP contribution is 2.53. The summed E-state index contributed by atoms with van der Waals surface area (Å²) in [6, 6.07) is 21.3. The summed E-state index contributed by atoms with van der Waals surface area (Å²) in [6.07, 6.45) is 3.59. The number of methoxy groups -OCH3 is 1. The van der Waals surface area contributed by atoms with E-state index in [1.54, 1.807) is 13.0 Å². The highest BCUT2D eigenvalue weighted by molar-refractivity contribution is 5.88. The molecule has 0 saturated heterocycles. The molecule has 4 nitrogen and oxygen atoms in total. The maximum absolute atomic E-state index is 13.9. The summed E-state index contributed by atoms with van der Waals surface area (Å²) in [5.41, 5.74) is 4.36. The van der Waals surface area contributed by atoms with Gasteiger partial charge >= 0.3 is 5.97 Å². The number of halogens is 1. The maximum atomic E-state index is 13.9. The highest BCUT2D eigenvalue weighted by Gasteiger charge is 2.48. The molecule has 1 aromatic heterocycles. The van der Waals surface area contributed by atoms with Gasteiger partial charge in [0.15, 0.2) is 0 Å². The molecule has 0 unspecified atom stereocenters. The molecule has 1 fully saturated rings. The largest absolute Gasteiger partial charge is 0.489 e. The van der Waals surface area contributed by atoms with Crippen molar-refractivity contribution in [3.63, 3.8) is 0 Å². The molecule has 34 heavy (non-hydrogen) atoms. The van der Waals surface area contributed by atoms with Crippen molar-refractivity contribution in [3.8, 4) is 11.4 Å². The summed E-state index contributed by atoms with van der Waals surface area (Å²) < 4.78 is 27.2. The molecule has 4 aromatic rings. The van der Waals surface area contributed by atoms with Crippen LogP contribution in [0.4, 0.5) is 4.39 Å². The van der Waals surface area contributed by atoms with E-state index in [4.69, 9.17) is 9.47 Å². The molecule has 0 amide bonds. The lowest BCUT2D eigenvalue weighted by molar-refractivity contribution is -0.157. The van der Waals surface area contributed by atoms with Crippen molar-refractivity contribution < 1.29 is 18.7 Å². The third-order valence-electron chi connectivity index (χ3n) is 6.99. The lowest BCUT2D eigenvalue weighted by atomic mass is 9.61. The molecular formula is C29H28FNO3. The van der Waals surface area contributed by atoms with Crippen molar-refractivity contribution in [2.24, 2.45) is 5.41 Å². The molecule has 5 rings (SSSR count). The van der Waals surface area contributed by atoms with Gasteiger partial charge in [-0.2, -0.15) is 0 Å². The molecule has 1 aliphatic carbocycles. The number of esters is 1. The van der Waals surface area contributed by atoms with Gasteiger partial charge in [0.2, 0.25) is 0 Å². The monoisotopic (exact) mass is 457 g/mol. The van der Waals surface area contributed by atoms with Crippen LogP contribution in [-0.2, 0) is 16.1 Å². The first-order valence-corrected chi connectivity index (χ1v) is 11.5. The first-order valence-electron chi connectivity index (χ1n) is 11.5. The van der Waals surface area contributed by atoms with Crippen LogP contribution in [0.5, 0.6) is 5.75 Å². The quantitative estimate of drug-likeness (QED) is 0.302. The van der Waals surface area contributed by atoms with Gasteiger partial charge in [-0.25, -0.2) is 4.39 Å². The average molecular weight is 458 g/mol. The van der Waals surface area contributed by atoms with Gasteiger partial charge in [0.1, 0.15) is 18.2 Å². The Bertz CT molecular complexity index is 1350. The van der Waals surface area contributed by atoms with Crippen molar-refractivity contribution in [3.05, 3.63) is 95.4 Å². The Balaban J connectivity index is 1.53. The van der Waals surface area contributed by atoms with Crippen LogP contribution >= 0.6 is 0 Å². The van der Waals surface area contributed by atoms with Crippen molar-refractivity contribution >= 4 is 16.9 Å². The number of fused-ring (bicyclic) bond motifs is 1. The predicted octanol–water partition coefficient (Wildman–Crippen LogP) is 6.71. The first-order chi connectivity index (χ1) is 16.4. The topological polar surface area (TPSA) is 40.5 Å². The summed E-state index contributed by atoms with van der Waals surface area (Å²) in [4.78, 5) is 12.2. The second-order valence-corrected chi connectivity index (χ2v) is 9.50. The average Bonchev–Trinajstić information content (AvgIpc) is 3.21. The normalized spacial score (nSPS) is 19.6. The molecule has 3 aromatic carbocycles. The summed E-state index contributed by atoms with van der Waals surface area (Å²) in [7, 11) is 1.44. The summed E-state index contributed by atoms with van der Waals surface area (Å²) in [5.74, 6) is 0.651. The van der Waals surface area contributed by atoms with Gasteiger partial charge in [0, 0.05) is 17.3 Å². The Morgan fingerprint density at radius 2 is 1.85 bits per heavy atom. The van der Waals surface area contributed by atoms with Crippen LogP contribution in [-0.4, -0.2) is 17.6 Å². The van der Waals surface area contributed by atoms with Gasteiger partial charge in [-0.1, -0.05) is 30.3 Å². The number of benzene rings is 3. The van der Waals surface area contributed by atoms with Crippen LogP contribution in [0.15, 0.2) is 72.9 Å². The van der Waals surface area contributed by atoms with Crippen LogP contribution in [0.25, 0.3) is 16.6 Å². The van der Waals surface area contributed by atoms with E-state index < -0.39 is 5.41 Å². The van der Waals surface area contributed by atoms with Gasteiger partial charge in [-0.15, -0.1) is 0 Å². The van der Waals surface area contributed by atoms with E-state index in [1.165, 1.54) is 18.7 Å². The number of hydrogen-bond donors (Lipinski definition) is 0. The number of carbonyl (C=O) groups excluding carboxylic acids is 1. The van der Waals surface area contributed by atoms with Gasteiger partial charge in [-0.3, -0.25) is 4.79 Å². The van der Waals surface area contributed by atoms with Gasteiger partial charge < -0.3 is 14.0 Å². The standard InChI is InChI=1S/C29H28FNO3/c1-19-13-22(9-11-26(19)30)31-17-25(21-15-29(2,16-21)28(32)33-3)24-14-23(10-12-27(24)31)34-18-20-7-5-4-6-8-20/h4-14,17,21H,15-16,18H2,1-3H3. The zero-order valence-corrected chi connectivity index (χ0v) is 19.7. The predicted molar refractivity (Wildman–Crippen MR) is 131 cm³/mol. The maximum Gasteiger partial charge on any atom is 0.311 e. The van der Waals surface area contributed by atoms with Crippen molar-refractivity contribution in [1.82, 2.24) is 4.57 Å². The van der Waals surface area contributed by atoms with Crippen LogP contribution in [0, 0.1) is 18.2 Å². The molecule has 174 valence electrons. The first kappa shape index (κ1) is 22.2. The van der Waals surface area contributed by atoms with Crippen LogP contribution in [0.1, 0.15) is 42.4 Å². The highest BCUT2D eigenvalue weighted by atomic mass is 19.1. The fourth-order valence-corrected chi connectivity index (χ4v) is 5.04. The number of aryl methyl sites for hydroxylation is 1. The molecular weight excluding hydrogens is 429 g/mol. The molecule has 0 radical (unpaired) electrons. The van der Waals surface area contributed by atoms with E-state index in [9.17, 15) is 9.18 Å². The smallest absolute Gasteiger partial charge is 0.311 e. The summed E-state index contributed by atoms with van der Waals surface area (Å²) in [6.45, 7) is 4.23. The Morgan fingerprint density at radius 3 is 2.56 bits per heavy atom. The minimum atomic E-state index is -0.457. The molecule has 1 aliphatic rings. The lowest BCUT2D eigenvalue weighted by Gasteiger charge is -2.42. The van der Waals surface area contributed by atoms with Crippen molar-refractivity contribution in [2.45, 2.75) is 39.2 Å².